The molecule has 0 saturated carbocycles. The van der Waals surface area contributed by atoms with Crippen molar-refractivity contribution in [3.8, 4) is 5.75 Å². The maximum Gasteiger partial charge on any atom is 0.138 e. The molecule has 5 heteroatoms. The first kappa shape index (κ1) is 17.2. The summed E-state index contributed by atoms with van der Waals surface area (Å²) in [4.78, 5) is 2.25. The minimum Gasteiger partial charge on any atom is -0.489 e. The molecule has 1 aromatic carbocycles. The van der Waals surface area contributed by atoms with E-state index in [-0.39, 0.29) is 6.61 Å². The van der Waals surface area contributed by atoms with E-state index in [2.05, 4.69) is 31.1 Å². The van der Waals surface area contributed by atoms with Gasteiger partial charge in [0.05, 0.1) is 5.02 Å². The van der Waals surface area contributed by atoms with E-state index >= 15 is 0 Å². The highest BCUT2D eigenvalue weighted by Crippen LogP contribution is 2.22. The Morgan fingerprint density at radius 1 is 1.35 bits per heavy atom. The average Bonchev–Trinajstić information content (AvgIpc) is 2.42. The molecule has 2 N–H and O–H groups in total. The summed E-state index contributed by atoms with van der Waals surface area (Å²) in [5, 5.41) is 13.6. The van der Waals surface area contributed by atoms with Crippen LogP contribution in [0, 0.1) is 0 Å². The van der Waals surface area contributed by atoms with Gasteiger partial charge in [-0.15, -0.1) is 0 Å². The molecule has 0 saturated heterocycles. The average molecular weight is 301 g/mol. The SMILES string of the molecule is CC(C)N(C)CCNCC(O)COc1ccccc1Cl. The fourth-order valence-electron chi connectivity index (χ4n) is 1.59. The molecule has 0 bridgehead atoms. The van der Waals surface area contributed by atoms with Crippen molar-refractivity contribution in [2.45, 2.75) is 26.0 Å². The number of aliphatic hydroxyl groups is 1. The van der Waals surface area contributed by atoms with Gasteiger partial charge in [0.25, 0.3) is 0 Å². The molecule has 0 aliphatic heterocycles. The van der Waals surface area contributed by atoms with E-state index in [0.717, 1.165) is 13.1 Å². The van der Waals surface area contributed by atoms with Crippen LogP contribution < -0.4 is 10.1 Å². The van der Waals surface area contributed by atoms with Gasteiger partial charge in [-0.3, -0.25) is 0 Å². The molecule has 0 heterocycles. The summed E-state index contributed by atoms with van der Waals surface area (Å²) in [5.41, 5.74) is 0. The smallest absolute Gasteiger partial charge is 0.138 e. The summed E-state index contributed by atoms with van der Waals surface area (Å²) in [5.74, 6) is 0.604. The number of likely N-dealkylation sites (N-methyl/N-ethyl adjacent to an activating group) is 1. The first-order valence-electron chi connectivity index (χ1n) is 6.97. The molecule has 1 atom stereocenters. The van der Waals surface area contributed by atoms with E-state index in [1.165, 1.54) is 0 Å². The van der Waals surface area contributed by atoms with Crippen LogP contribution in [0.1, 0.15) is 13.8 Å². The Kier molecular flexibility index (Phi) is 7.92. The molecule has 0 spiro atoms. The number of benzene rings is 1. The third kappa shape index (κ3) is 6.57. The second-order valence-corrected chi connectivity index (χ2v) is 5.58. The topological polar surface area (TPSA) is 44.7 Å². The van der Waals surface area contributed by atoms with Gasteiger partial charge >= 0.3 is 0 Å². The summed E-state index contributed by atoms with van der Waals surface area (Å²) in [6, 6.07) is 7.79. The molecular formula is C15H25ClN2O2. The first-order valence-corrected chi connectivity index (χ1v) is 7.35. The van der Waals surface area contributed by atoms with Crippen LogP contribution in [0.2, 0.25) is 5.02 Å². The lowest BCUT2D eigenvalue weighted by Crippen LogP contribution is -2.38. The number of nitrogens with one attached hydrogen (secondary N) is 1. The van der Waals surface area contributed by atoms with Crippen LogP contribution in [0.15, 0.2) is 24.3 Å². The van der Waals surface area contributed by atoms with Crippen molar-refractivity contribution in [2.24, 2.45) is 0 Å². The molecule has 0 aromatic heterocycles. The molecule has 114 valence electrons. The van der Waals surface area contributed by atoms with Crippen LogP contribution in [-0.2, 0) is 0 Å². The highest BCUT2D eigenvalue weighted by molar-refractivity contribution is 6.32. The van der Waals surface area contributed by atoms with E-state index in [1.54, 1.807) is 12.1 Å². The summed E-state index contributed by atoms with van der Waals surface area (Å²) >= 11 is 5.97. The fourth-order valence-corrected chi connectivity index (χ4v) is 1.78. The lowest BCUT2D eigenvalue weighted by atomic mass is 10.3. The number of rotatable bonds is 9. The number of nitrogens with zero attached hydrogens (tertiary/aromatic N) is 1. The van der Waals surface area contributed by atoms with Crippen LogP contribution in [0.5, 0.6) is 5.75 Å². The predicted molar refractivity (Wildman–Crippen MR) is 83.6 cm³/mol. The second-order valence-electron chi connectivity index (χ2n) is 5.17. The van der Waals surface area contributed by atoms with Crippen LogP contribution in [-0.4, -0.2) is 55.4 Å². The molecule has 0 radical (unpaired) electrons. The van der Waals surface area contributed by atoms with Crippen LogP contribution >= 0.6 is 11.6 Å². The number of para-hydroxylation sites is 1. The molecule has 1 aromatic rings. The zero-order valence-corrected chi connectivity index (χ0v) is 13.2. The van der Waals surface area contributed by atoms with E-state index in [4.69, 9.17) is 16.3 Å². The lowest BCUT2D eigenvalue weighted by Gasteiger charge is -2.21. The Balaban J connectivity index is 2.15. The Bertz CT molecular complexity index is 388. The summed E-state index contributed by atoms with van der Waals surface area (Å²) in [7, 11) is 2.09. The van der Waals surface area contributed by atoms with Gasteiger partial charge in [-0.05, 0) is 33.0 Å². The minimum atomic E-state index is -0.546. The van der Waals surface area contributed by atoms with Crippen molar-refractivity contribution in [1.29, 1.82) is 0 Å². The number of hydrogen-bond acceptors (Lipinski definition) is 4. The normalized spacial score (nSPS) is 12.9. The number of aliphatic hydroxyl groups excluding tert-OH is 1. The van der Waals surface area contributed by atoms with Crippen molar-refractivity contribution >= 4 is 11.6 Å². The monoisotopic (exact) mass is 300 g/mol. The van der Waals surface area contributed by atoms with Gasteiger partial charge in [-0.2, -0.15) is 0 Å². The van der Waals surface area contributed by atoms with E-state index in [0.29, 0.717) is 23.4 Å². The van der Waals surface area contributed by atoms with Crippen LogP contribution in [0.4, 0.5) is 0 Å². The van der Waals surface area contributed by atoms with E-state index in [9.17, 15) is 5.11 Å². The summed E-state index contributed by atoms with van der Waals surface area (Å²) < 4.78 is 5.48. The zero-order chi connectivity index (χ0) is 15.0. The van der Waals surface area contributed by atoms with Crippen molar-refractivity contribution in [3.63, 3.8) is 0 Å². The molecule has 0 fully saturated rings. The molecule has 0 aliphatic rings. The largest absolute Gasteiger partial charge is 0.489 e. The van der Waals surface area contributed by atoms with Gasteiger partial charge in [-0.25, -0.2) is 0 Å². The van der Waals surface area contributed by atoms with Crippen molar-refractivity contribution in [3.05, 3.63) is 29.3 Å². The van der Waals surface area contributed by atoms with Gasteiger partial charge in [-0.1, -0.05) is 23.7 Å². The second kappa shape index (κ2) is 9.19. The Morgan fingerprint density at radius 2 is 2.05 bits per heavy atom. The Morgan fingerprint density at radius 3 is 2.70 bits per heavy atom. The number of ether oxygens (including phenoxy) is 1. The van der Waals surface area contributed by atoms with Crippen molar-refractivity contribution in [2.75, 3.05) is 33.3 Å². The molecule has 0 amide bonds. The third-order valence-electron chi connectivity index (χ3n) is 3.17. The van der Waals surface area contributed by atoms with Crippen LogP contribution in [0.25, 0.3) is 0 Å². The van der Waals surface area contributed by atoms with Crippen molar-refractivity contribution in [1.82, 2.24) is 10.2 Å². The molecule has 4 nitrogen and oxygen atoms in total. The number of hydrogen-bond donors (Lipinski definition) is 2. The molecule has 20 heavy (non-hydrogen) atoms. The Hall–Kier alpha value is -0.810. The van der Waals surface area contributed by atoms with E-state index in [1.807, 2.05) is 12.1 Å². The van der Waals surface area contributed by atoms with Gasteiger partial charge < -0.3 is 20.1 Å². The number of halogens is 1. The predicted octanol–water partition coefficient (Wildman–Crippen LogP) is 2.01. The molecule has 1 rings (SSSR count). The summed E-state index contributed by atoms with van der Waals surface area (Å²) in [6.45, 7) is 6.86. The first-order chi connectivity index (χ1) is 9.50. The summed E-state index contributed by atoms with van der Waals surface area (Å²) in [6.07, 6.45) is -0.546. The van der Waals surface area contributed by atoms with Crippen LogP contribution in [0.3, 0.4) is 0 Å². The van der Waals surface area contributed by atoms with Gasteiger partial charge in [0.1, 0.15) is 18.5 Å². The van der Waals surface area contributed by atoms with Gasteiger partial charge in [0.15, 0.2) is 0 Å². The molecular weight excluding hydrogens is 276 g/mol. The van der Waals surface area contributed by atoms with Gasteiger partial charge in [0.2, 0.25) is 0 Å². The zero-order valence-electron chi connectivity index (χ0n) is 12.5. The highest BCUT2D eigenvalue weighted by atomic mass is 35.5. The maximum atomic E-state index is 9.83. The standard InChI is InChI=1S/C15H25ClN2O2/c1-12(2)18(3)9-8-17-10-13(19)11-20-15-7-5-4-6-14(15)16/h4-7,12-13,17,19H,8-11H2,1-3H3. The molecule has 0 aliphatic carbocycles. The van der Waals surface area contributed by atoms with Crippen molar-refractivity contribution < 1.29 is 9.84 Å². The maximum absolute atomic E-state index is 9.83. The van der Waals surface area contributed by atoms with Gasteiger partial charge in [0, 0.05) is 25.7 Å². The fraction of sp³-hybridized carbons (Fsp3) is 0.600. The third-order valence-corrected chi connectivity index (χ3v) is 3.48. The minimum absolute atomic E-state index is 0.233. The highest BCUT2D eigenvalue weighted by Gasteiger charge is 2.07. The molecule has 1 unspecified atom stereocenters. The lowest BCUT2D eigenvalue weighted by molar-refractivity contribution is 0.105. The quantitative estimate of drug-likeness (QED) is 0.685. The Labute approximate surface area is 126 Å². The van der Waals surface area contributed by atoms with E-state index < -0.39 is 6.10 Å².